The van der Waals surface area contributed by atoms with Crippen molar-refractivity contribution in [2.24, 2.45) is 0 Å². The van der Waals surface area contributed by atoms with Gasteiger partial charge in [0.2, 0.25) is 0 Å². The molecule has 0 bridgehead atoms. The number of carbonyl (C=O) groups excluding carboxylic acids is 2. The minimum absolute atomic E-state index is 0.0165. The Kier molecular flexibility index (Phi) is 4.44. The molecule has 0 radical (unpaired) electrons. The van der Waals surface area contributed by atoms with Gasteiger partial charge in [0.05, 0.1) is 5.56 Å². The molecule has 1 aromatic carbocycles. The smallest absolute Gasteiger partial charge is 0.358 e. The Bertz CT molecular complexity index is 612. The molecule has 1 amide bonds. The van der Waals surface area contributed by atoms with Crippen LogP contribution in [0.3, 0.4) is 0 Å². The zero-order valence-corrected chi connectivity index (χ0v) is 11.0. The molecule has 102 valence electrons. The van der Waals surface area contributed by atoms with Crippen LogP contribution in [0.25, 0.3) is 0 Å². The number of amides is 1. The van der Waals surface area contributed by atoms with E-state index in [0.717, 1.165) is 5.56 Å². The van der Waals surface area contributed by atoms with Crippen molar-refractivity contribution in [2.75, 3.05) is 7.05 Å². The van der Waals surface area contributed by atoms with Crippen LogP contribution < -0.4 is 5.32 Å². The number of pyridine rings is 1. The highest BCUT2D eigenvalue weighted by Gasteiger charge is 2.18. The molecule has 0 aliphatic rings. The molecular weight excluding hydrogens is 256 g/mol. The molecular formula is C15H14N2O3. The normalized spacial score (nSPS) is 9.85. The van der Waals surface area contributed by atoms with Crippen LogP contribution in [0.15, 0.2) is 48.7 Å². The van der Waals surface area contributed by atoms with E-state index in [0.29, 0.717) is 0 Å². The molecule has 5 nitrogen and oxygen atoms in total. The summed E-state index contributed by atoms with van der Waals surface area (Å²) in [5.41, 5.74) is 1.09. The maximum atomic E-state index is 12.0. The quantitative estimate of drug-likeness (QED) is 0.860. The summed E-state index contributed by atoms with van der Waals surface area (Å²) in [5.74, 6) is -0.988. The molecule has 0 saturated heterocycles. The van der Waals surface area contributed by atoms with Gasteiger partial charge in [0.15, 0.2) is 5.69 Å². The minimum atomic E-state index is -0.618. The maximum absolute atomic E-state index is 12.0. The number of ether oxygens (including phenoxy) is 1. The van der Waals surface area contributed by atoms with Gasteiger partial charge in [0.25, 0.3) is 5.91 Å². The van der Waals surface area contributed by atoms with Gasteiger partial charge in [-0.1, -0.05) is 30.3 Å². The molecule has 1 heterocycles. The van der Waals surface area contributed by atoms with Gasteiger partial charge in [-0.2, -0.15) is 0 Å². The van der Waals surface area contributed by atoms with Crippen molar-refractivity contribution >= 4 is 11.9 Å². The fraction of sp³-hybridized carbons (Fsp3) is 0.133. The van der Waals surface area contributed by atoms with E-state index < -0.39 is 5.97 Å². The Balaban J connectivity index is 2.12. The summed E-state index contributed by atoms with van der Waals surface area (Å²) >= 11 is 0. The van der Waals surface area contributed by atoms with Gasteiger partial charge in [-0.15, -0.1) is 0 Å². The van der Waals surface area contributed by atoms with E-state index in [9.17, 15) is 9.59 Å². The van der Waals surface area contributed by atoms with E-state index in [1.807, 2.05) is 30.3 Å². The zero-order chi connectivity index (χ0) is 14.4. The summed E-state index contributed by atoms with van der Waals surface area (Å²) in [4.78, 5) is 27.6. The van der Waals surface area contributed by atoms with Crippen molar-refractivity contribution in [2.45, 2.75) is 6.61 Å². The molecule has 1 N–H and O–H groups in total. The van der Waals surface area contributed by atoms with Crippen molar-refractivity contribution in [3.63, 3.8) is 0 Å². The van der Waals surface area contributed by atoms with Gasteiger partial charge in [-0.25, -0.2) is 9.78 Å². The number of carbonyl (C=O) groups is 2. The topological polar surface area (TPSA) is 68.3 Å². The van der Waals surface area contributed by atoms with Crippen LogP contribution in [0.4, 0.5) is 0 Å². The number of benzene rings is 1. The third-order valence-electron chi connectivity index (χ3n) is 2.69. The van der Waals surface area contributed by atoms with E-state index in [2.05, 4.69) is 10.3 Å². The number of hydrogen-bond acceptors (Lipinski definition) is 4. The first-order valence-corrected chi connectivity index (χ1v) is 6.10. The predicted octanol–water partition coefficient (Wildman–Crippen LogP) is 1.80. The number of nitrogens with zero attached hydrogens (tertiary/aromatic N) is 1. The maximum Gasteiger partial charge on any atom is 0.358 e. The standard InChI is InChI=1S/C15H14N2O3/c1-16-14(18)12-8-5-9-17-13(12)15(19)20-10-11-6-3-2-4-7-11/h2-9H,10H2,1H3,(H,16,18). The molecule has 2 rings (SSSR count). The first-order chi connectivity index (χ1) is 9.72. The molecule has 0 spiro atoms. The number of rotatable bonds is 4. The molecule has 0 atom stereocenters. The van der Waals surface area contributed by atoms with Crippen LogP contribution in [0, 0.1) is 0 Å². The lowest BCUT2D eigenvalue weighted by Crippen LogP contribution is -2.22. The Morgan fingerprint density at radius 3 is 2.60 bits per heavy atom. The van der Waals surface area contributed by atoms with E-state index in [1.54, 1.807) is 6.07 Å². The first-order valence-electron chi connectivity index (χ1n) is 6.10. The second-order valence-electron chi connectivity index (χ2n) is 4.04. The highest BCUT2D eigenvalue weighted by atomic mass is 16.5. The Hall–Kier alpha value is -2.69. The van der Waals surface area contributed by atoms with Gasteiger partial charge < -0.3 is 10.1 Å². The Labute approximate surface area is 116 Å². The predicted molar refractivity (Wildman–Crippen MR) is 73.2 cm³/mol. The second kappa shape index (κ2) is 6.47. The first kappa shape index (κ1) is 13.7. The second-order valence-corrected chi connectivity index (χ2v) is 4.04. The van der Waals surface area contributed by atoms with Gasteiger partial charge in [0, 0.05) is 13.2 Å². The highest BCUT2D eigenvalue weighted by molar-refractivity contribution is 6.03. The molecule has 20 heavy (non-hydrogen) atoms. The summed E-state index contributed by atoms with van der Waals surface area (Å²) in [6, 6.07) is 12.4. The molecule has 0 aliphatic heterocycles. The molecule has 0 aliphatic carbocycles. The van der Waals surface area contributed by atoms with Crippen molar-refractivity contribution in [1.82, 2.24) is 10.3 Å². The van der Waals surface area contributed by atoms with Gasteiger partial charge in [-0.3, -0.25) is 4.79 Å². The zero-order valence-electron chi connectivity index (χ0n) is 11.0. The molecule has 2 aromatic rings. The van der Waals surface area contributed by atoms with Crippen LogP contribution in [-0.2, 0) is 11.3 Å². The summed E-state index contributed by atoms with van der Waals surface area (Å²) < 4.78 is 5.17. The number of aromatic nitrogens is 1. The number of hydrogen-bond donors (Lipinski definition) is 1. The van der Waals surface area contributed by atoms with Gasteiger partial charge in [0.1, 0.15) is 6.61 Å². The van der Waals surface area contributed by atoms with Gasteiger partial charge in [-0.05, 0) is 17.7 Å². The van der Waals surface area contributed by atoms with Crippen molar-refractivity contribution in [1.29, 1.82) is 0 Å². The number of esters is 1. The van der Waals surface area contributed by atoms with Crippen LogP contribution in [-0.4, -0.2) is 23.9 Å². The monoisotopic (exact) mass is 270 g/mol. The SMILES string of the molecule is CNC(=O)c1cccnc1C(=O)OCc1ccccc1. The summed E-state index contributed by atoms with van der Waals surface area (Å²) in [7, 11) is 1.49. The average molecular weight is 270 g/mol. The van der Waals surface area contributed by atoms with E-state index >= 15 is 0 Å². The van der Waals surface area contributed by atoms with E-state index in [4.69, 9.17) is 4.74 Å². The molecule has 0 saturated carbocycles. The molecule has 1 aromatic heterocycles. The summed E-state index contributed by atoms with van der Waals surface area (Å²) in [6.45, 7) is 0.142. The largest absolute Gasteiger partial charge is 0.456 e. The van der Waals surface area contributed by atoms with Crippen molar-refractivity contribution in [3.8, 4) is 0 Å². The van der Waals surface area contributed by atoms with Crippen LogP contribution >= 0.6 is 0 Å². The fourth-order valence-electron chi connectivity index (χ4n) is 1.68. The third-order valence-corrected chi connectivity index (χ3v) is 2.69. The minimum Gasteiger partial charge on any atom is -0.456 e. The lowest BCUT2D eigenvalue weighted by Gasteiger charge is -2.07. The van der Waals surface area contributed by atoms with Crippen molar-refractivity contribution < 1.29 is 14.3 Å². The molecule has 0 unspecified atom stereocenters. The molecule has 0 fully saturated rings. The Morgan fingerprint density at radius 2 is 1.90 bits per heavy atom. The summed E-state index contributed by atoms with van der Waals surface area (Å²) in [6.07, 6.45) is 1.45. The lowest BCUT2D eigenvalue weighted by molar-refractivity contribution is 0.0462. The third kappa shape index (κ3) is 3.20. The molecule has 5 heteroatoms. The highest BCUT2D eigenvalue weighted by Crippen LogP contribution is 2.09. The fourth-order valence-corrected chi connectivity index (χ4v) is 1.68. The summed E-state index contributed by atoms with van der Waals surface area (Å²) in [5, 5.41) is 2.46. The Morgan fingerprint density at radius 1 is 1.15 bits per heavy atom. The average Bonchev–Trinajstić information content (AvgIpc) is 2.52. The van der Waals surface area contributed by atoms with Gasteiger partial charge >= 0.3 is 5.97 Å². The van der Waals surface area contributed by atoms with Crippen LogP contribution in [0.1, 0.15) is 26.4 Å². The number of nitrogens with one attached hydrogen (secondary N) is 1. The lowest BCUT2D eigenvalue weighted by atomic mass is 10.2. The van der Waals surface area contributed by atoms with E-state index in [1.165, 1.54) is 19.3 Å². The van der Waals surface area contributed by atoms with E-state index in [-0.39, 0.29) is 23.8 Å². The van der Waals surface area contributed by atoms with Crippen molar-refractivity contribution in [3.05, 3.63) is 65.5 Å². The van der Waals surface area contributed by atoms with Crippen LogP contribution in [0.2, 0.25) is 0 Å². The van der Waals surface area contributed by atoms with Crippen LogP contribution in [0.5, 0.6) is 0 Å².